The van der Waals surface area contributed by atoms with Crippen LogP contribution in [0.1, 0.15) is 75.2 Å². The fourth-order valence-electron chi connectivity index (χ4n) is 2.16. The van der Waals surface area contributed by atoms with Crippen molar-refractivity contribution in [2.45, 2.75) is 80.8 Å². The number of hydrogen-bond acceptors (Lipinski definition) is 2. The van der Waals surface area contributed by atoms with Crippen LogP contribution in [-0.4, -0.2) is 11.6 Å². The lowest BCUT2D eigenvalue weighted by Gasteiger charge is -2.42. The van der Waals surface area contributed by atoms with Gasteiger partial charge in [-0.1, -0.05) is 48.5 Å². The van der Waals surface area contributed by atoms with E-state index in [9.17, 15) is 4.79 Å². The van der Waals surface area contributed by atoms with Gasteiger partial charge in [-0.2, -0.15) is 0 Å². The summed E-state index contributed by atoms with van der Waals surface area (Å²) in [6.07, 6.45) is 1.51. The van der Waals surface area contributed by atoms with Crippen molar-refractivity contribution >= 4 is 5.97 Å². The molecule has 0 saturated carbocycles. The normalized spacial score (nSPS) is 13.9. The second-order valence-corrected chi connectivity index (χ2v) is 8.20. The van der Waals surface area contributed by atoms with Crippen molar-refractivity contribution in [2.75, 3.05) is 0 Å². The first kappa shape index (κ1) is 17.5. The van der Waals surface area contributed by atoms with Gasteiger partial charge in [0.2, 0.25) is 0 Å². The molecule has 0 amide bonds. The van der Waals surface area contributed by atoms with Gasteiger partial charge in [-0.15, -0.1) is 0 Å². The molecule has 18 heavy (non-hydrogen) atoms. The Labute approximate surface area is 113 Å². The summed E-state index contributed by atoms with van der Waals surface area (Å²) in [4.78, 5) is 12.0. The largest absolute Gasteiger partial charge is 0.459 e. The molecule has 0 aromatic carbocycles. The van der Waals surface area contributed by atoms with E-state index >= 15 is 0 Å². The molecule has 0 aromatic heterocycles. The molecule has 0 unspecified atom stereocenters. The van der Waals surface area contributed by atoms with Crippen molar-refractivity contribution in [3.05, 3.63) is 0 Å². The van der Waals surface area contributed by atoms with Crippen LogP contribution in [0, 0.1) is 16.7 Å². The molecule has 0 bridgehead atoms. The maximum absolute atomic E-state index is 12.0. The molecule has 108 valence electrons. The second-order valence-electron chi connectivity index (χ2n) is 8.20. The van der Waals surface area contributed by atoms with Crippen molar-refractivity contribution in [3.8, 4) is 0 Å². The molecule has 0 N–H and O–H groups in total. The van der Waals surface area contributed by atoms with Gasteiger partial charge in [0.05, 0.1) is 6.42 Å². The van der Waals surface area contributed by atoms with Crippen LogP contribution < -0.4 is 0 Å². The first-order valence-corrected chi connectivity index (χ1v) is 6.99. The zero-order valence-electron chi connectivity index (χ0n) is 13.8. The lowest BCUT2D eigenvalue weighted by atomic mass is 9.71. The minimum atomic E-state index is -0.431. The van der Waals surface area contributed by atoms with Crippen LogP contribution >= 0.6 is 0 Å². The minimum absolute atomic E-state index is 0.0185. The number of rotatable bonds is 5. The number of carbonyl (C=O) groups excluding carboxylic acids is 1. The maximum atomic E-state index is 12.0. The van der Waals surface area contributed by atoms with Crippen LogP contribution in [0.15, 0.2) is 0 Å². The van der Waals surface area contributed by atoms with Gasteiger partial charge in [-0.3, -0.25) is 4.79 Å². The first-order chi connectivity index (χ1) is 7.77. The number of carbonyl (C=O) groups is 1. The lowest BCUT2D eigenvalue weighted by molar-refractivity contribution is -0.172. The molecule has 0 rings (SSSR count). The molecule has 0 fully saturated rings. The summed E-state index contributed by atoms with van der Waals surface area (Å²) < 4.78 is 5.74. The van der Waals surface area contributed by atoms with Gasteiger partial charge in [-0.05, 0) is 31.6 Å². The molecule has 2 nitrogen and oxygen atoms in total. The van der Waals surface area contributed by atoms with Crippen LogP contribution in [-0.2, 0) is 9.53 Å². The van der Waals surface area contributed by atoms with Gasteiger partial charge >= 0.3 is 5.97 Å². The molecule has 2 heteroatoms. The van der Waals surface area contributed by atoms with Crippen LogP contribution in [0.25, 0.3) is 0 Å². The average molecular weight is 256 g/mol. The fraction of sp³-hybridized carbons (Fsp3) is 0.938. The van der Waals surface area contributed by atoms with Gasteiger partial charge < -0.3 is 4.74 Å². The SMILES string of the molecule is CC(C)CC(C)(C)C(C)(C)OC(=O)CC(C)(C)C. The van der Waals surface area contributed by atoms with Crippen LogP contribution in [0.4, 0.5) is 0 Å². The molecule has 0 radical (unpaired) electrons. The third-order valence-corrected chi connectivity index (χ3v) is 3.59. The summed E-state index contributed by atoms with van der Waals surface area (Å²) in [5, 5.41) is 0. The van der Waals surface area contributed by atoms with E-state index in [1.807, 2.05) is 13.8 Å². The summed E-state index contributed by atoms with van der Waals surface area (Å²) in [6.45, 7) is 19.0. The number of hydrogen-bond donors (Lipinski definition) is 0. The van der Waals surface area contributed by atoms with E-state index in [1.165, 1.54) is 0 Å². The van der Waals surface area contributed by atoms with Gasteiger partial charge in [0.15, 0.2) is 0 Å². The zero-order valence-corrected chi connectivity index (χ0v) is 13.8. The number of ether oxygens (including phenoxy) is 1. The highest BCUT2D eigenvalue weighted by Gasteiger charge is 2.41. The highest BCUT2D eigenvalue weighted by Crippen LogP contribution is 2.40. The van der Waals surface area contributed by atoms with Gasteiger partial charge in [-0.25, -0.2) is 0 Å². The Kier molecular flexibility index (Phi) is 5.46. The highest BCUT2D eigenvalue weighted by atomic mass is 16.6. The van der Waals surface area contributed by atoms with Crippen molar-refractivity contribution < 1.29 is 9.53 Å². The maximum Gasteiger partial charge on any atom is 0.306 e. The third kappa shape index (κ3) is 5.88. The van der Waals surface area contributed by atoms with Crippen molar-refractivity contribution in [1.29, 1.82) is 0 Å². The molecule has 0 aliphatic heterocycles. The topological polar surface area (TPSA) is 26.3 Å². The predicted octanol–water partition coefficient (Wildman–Crippen LogP) is 4.82. The zero-order chi connectivity index (χ0) is 14.8. The molecule has 0 aromatic rings. The van der Waals surface area contributed by atoms with E-state index in [2.05, 4.69) is 48.5 Å². The van der Waals surface area contributed by atoms with Gasteiger partial charge in [0, 0.05) is 5.41 Å². The number of esters is 1. The van der Waals surface area contributed by atoms with E-state index in [1.54, 1.807) is 0 Å². The van der Waals surface area contributed by atoms with E-state index in [0.29, 0.717) is 12.3 Å². The minimum Gasteiger partial charge on any atom is -0.459 e. The van der Waals surface area contributed by atoms with Crippen LogP contribution in [0.5, 0.6) is 0 Å². The molecule has 0 atom stereocenters. The second kappa shape index (κ2) is 5.63. The molecule has 0 saturated heterocycles. The summed E-state index contributed by atoms with van der Waals surface area (Å²) in [5.74, 6) is 0.505. The van der Waals surface area contributed by atoms with Crippen molar-refractivity contribution in [1.82, 2.24) is 0 Å². The average Bonchev–Trinajstić information content (AvgIpc) is 1.94. The molecular weight excluding hydrogens is 224 g/mol. The quantitative estimate of drug-likeness (QED) is 0.659. The molecule has 0 aliphatic carbocycles. The highest BCUT2D eigenvalue weighted by molar-refractivity contribution is 5.70. The molecular formula is C16H32O2. The summed E-state index contributed by atoms with van der Waals surface area (Å²) in [5.41, 5.74) is -0.469. The summed E-state index contributed by atoms with van der Waals surface area (Å²) in [7, 11) is 0. The monoisotopic (exact) mass is 256 g/mol. The summed E-state index contributed by atoms with van der Waals surface area (Å²) in [6, 6.07) is 0. The van der Waals surface area contributed by atoms with Crippen molar-refractivity contribution in [3.63, 3.8) is 0 Å². The van der Waals surface area contributed by atoms with E-state index in [4.69, 9.17) is 4.74 Å². The van der Waals surface area contributed by atoms with Gasteiger partial charge in [0.1, 0.15) is 5.60 Å². The standard InChI is InChI=1S/C16H32O2/c1-12(2)10-15(6,7)16(8,9)18-13(17)11-14(3,4)5/h12H,10-11H2,1-9H3. The van der Waals surface area contributed by atoms with Crippen LogP contribution in [0.3, 0.4) is 0 Å². The Morgan fingerprint density at radius 3 is 1.78 bits per heavy atom. The lowest BCUT2D eigenvalue weighted by Crippen LogP contribution is -2.44. The Balaban J connectivity index is 4.69. The third-order valence-electron chi connectivity index (χ3n) is 3.59. The van der Waals surface area contributed by atoms with Crippen molar-refractivity contribution in [2.24, 2.45) is 16.7 Å². The predicted molar refractivity (Wildman–Crippen MR) is 77.5 cm³/mol. The molecule has 0 spiro atoms. The molecule has 0 heterocycles. The smallest absolute Gasteiger partial charge is 0.306 e. The Morgan fingerprint density at radius 2 is 1.44 bits per heavy atom. The van der Waals surface area contributed by atoms with E-state index < -0.39 is 5.60 Å². The molecule has 0 aliphatic rings. The first-order valence-electron chi connectivity index (χ1n) is 6.99. The fourth-order valence-corrected chi connectivity index (χ4v) is 2.16. The van der Waals surface area contributed by atoms with E-state index in [-0.39, 0.29) is 16.8 Å². The van der Waals surface area contributed by atoms with E-state index in [0.717, 1.165) is 6.42 Å². The Morgan fingerprint density at radius 1 is 1.00 bits per heavy atom. The Bertz CT molecular complexity index is 280. The Hall–Kier alpha value is -0.530. The summed E-state index contributed by atoms with van der Waals surface area (Å²) >= 11 is 0. The van der Waals surface area contributed by atoms with Crippen LogP contribution in [0.2, 0.25) is 0 Å². The van der Waals surface area contributed by atoms with Gasteiger partial charge in [0.25, 0.3) is 0 Å².